The highest BCUT2D eigenvalue weighted by Gasteiger charge is 2.28. The van der Waals surface area contributed by atoms with Crippen LogP contribution in [0, 0.1) is 0 Å². The minimum absolute atomic E-state index is 0.312. The fourth-order valence-corrected chi connectivity index (χ4v) is 2.14. The van der Waals surface area contributed by atoms with Gasteiger partial charge in [0.15, 0.2) is 0 Å². The van der Waals surface area contributed by atoms with E-state index < -0.39 is 0 Å². The van der Waals surface area contributed by atoms with Crippen LogP contribution in [0.25, 0.3) is 0 Å². The molecule has 0 radical (unpaired) electrons. The van der Waals surface area contributed by atoms with Crippen LogP contribution in [0.15, 0.2) is 0 Å². The number of rotatable bonds is 4. The Hall–Kier alpha value is -0.120. The summed E-state index contributed by atoms with van der Waals surface area (Å²) in [6.45, 7) is 13.9. The Balaban J connectivity index is 2.45. The van der Waals surface area contributed by atoms with Gasteiger partial charge in [-0.1, -0.05) is 6.92 Å². The molecule has 84 valence electrons. The standard InChI is InChI=1S/C11H25N3/c1-5-13(4)10-11(2,3)14-8-6-12-7-9-14/h12H,5-10H2,1-4H3. The predicted molar refractivity (Wildman–Crippen MR) is 61.7 cm³/mol. The molecule has 1 fully saturated rings. The van der Waals surface area contributed by atoms with Crippen molar-refractivity contribution in [2.24, 2.45) is 0 Å². The first-order chi connectivity index (χ1) is 6.56. The highest BCUT2D eigenvalue weighted by molar-refractivity contribution is 4.86. The van der Waals surface area contributed by atoms with Crippen molar-refractivity contribution in [1.29, 1.82) is 0 Å². The maximum atomic E-state index is 3.40. The molecule has 3 nitrogen and oxygen atoms in total. The van der Waals surface area contributed by atoms with E-state index in [9.17, 15) is 0 Å². The van der Waals surface area contributed by atoms with Crippen LogP contribution in [0.5, 0.6) is 0 Å². The van der Waals surface area contributed by atoms with E-state index in [1.54, 1.807) is 0 Å². The van der Waals surface area contributed by atoms with Crippen molar-refractivity contribution < 1.29 is 0 Å². The number of hydrogen-bond acceptors (Lipinski definition) is 3. The van der Waals surface area contributed by atoms with E-state index in [0.29, 0.717) is 5.54 Å². The normalized spacial score (nSPS) is 20.4. The zero-order valence-corrected chi connectivity index (χ0v) is 10.1. The van der Waals surface area contributed by atoms with E-state index in [1.165, 1.54) is 13.1 Å². The zero-order chi connectivity index (χ0) is 10.6. The quantitative estimate of drug-likeness (QED) is 0.716. The molecule has 0 aromatic carbocycles. The van der Waals surface area contributed by atoms with Gasteiger partial charge in [-0.3, -0.25) is 4.90 Å². The molecule has 0 amide bonds. The Morgan fingerprint density at radius 3 is 2.36 bits per heavy atom. The molecule has 0 bridgehead atoms. The van der Waals surface area contributed by atoms with Crippen molar-refractivity contribution in [1.82, 2.24) is 15.1 Å². The average molecular weight is 199 g/mol. The van der Waals surface area contributed by atoms with Crippen LogP contribution in [0.4, 0.5) is 0 Å². The molecule has 1 aliphatic rings. The molecule has 0 aliphatic carbocycles. The summed E-state index contributed by atoms with van der Waals surface area (Å²) in [5.74, 6) is 0. The summed E-state index contributed by atoms with van der Waals surface area (Å²) in [6.07, 6.45) is 0. The number of piperazine rings is 1. The van der Waals surface area contributed by atoms with Crippen LogP contribution in [0.1, 0.15) is 20.8 Å². The van der Waals surface area contributed by atoms with Crippen LogP contribution >= 0.6 is 0 Å². The third-order valence-corrected chi connectivity index (χ3v) is 3.17. The summed E-state index contributed by atoms with van der Waals surface area (Å²) in [6, 6.07) is 0. The van der Waals surface area contributed by atoms with Crippen molar-refractivity contribution in [3.8, 4) is 0 Å². The SMILES string of the molecule is CCN(C)CC(C)(C)N1CCNCC1. The van der Waals surface area contributed by atoms with Crippen molar-refractivity contribution >= 4 is 0 Å². The van der Waals surface area contributed by atoms with Crippen molar-refractivity contribution in [3.05, 3.63) is 0 Å². The monoisotopic (exact) mass is 199 g/mol. The van der Waals surface area contributed by atoms with E-state index in [0.717, 1.165) is 26.2 Å². The molecule has 0 aromatic heterocycles. The molecule has 1 N–H and O–H groups in total. The third-order valence-electron chi connectivity index (χ3n) is 3.17. The van der Waals surface area contributed by atoms with Crippen LogP contribution in [0.3, 0.4) is 0 Å². The van der Waals surface area contributed by atoms with E-state index in [2.05, 4.69) is 42.9 Å². The van der Waals surface area contributed by atoms with Gasteiger partial charge in [-0.05, 0) is 27.4 Å². The van der Waals surface area contributed by atoms with Gasteiger partial charge in [-0.2, -0.15) is 0 Å². The van der Waals surface area contributed by atoms with Gasteiger partial charge in [0.05, 0.1) is 0 Å². The average Bonchev–Trinajstić information content (AvgIpc) is 2.18. The Bertz CT molecular complexity index is 162. The van der Waals surface area contributed by atoms with Crippen LogP contribution in [-0.2, 0) is 0 Å². The lowest BCUT2D eigenvalue weighted by molar-refractivity contribution is 0.0729. The Labute approximate surface area is 88.5 Å². The number of hydrogen-bond donors (Lipinski definition) is 1. The fourth-order valence-electron chi connectivity index (χ4n) is 2.14. The number of likely N-dealkylation sites (N-methyl/N-ethyl adjacent to an activating group) is 1. The minimum Gasteiger partial charge on any atom is -0.314 e. The van der Waals surface area contributed by atoms with Gasteiger partial charge in [0.2, 0.25) is 0 Å². The number of nitrogens with one attached hydrogen (secondary N) is 1. The van der Waals surface area contributed by atoms with Crippen LogP contribution in [-0.4, -0.2) is 61.7 Å². The van der Waals surface area contributed by atoms with Crippen LogP contribution < -0.4 is 5.32 Å². The van der Waals surface area contributed by atoms with E-state index >= 15 is 0 Å². The molecule has 1 aliphatic heterocycles. The summed E-state index contributed by atoms with van der Waals surface area (Å²) in [5, 5.41) is 3.40. The molecule has 14 heavy (non-hydrogen) atoms. The third kappa shape index (κ3) is 3.23. The predicted octanol–water partition coefficient (Wildman–Crippen LogP) is 0.622. The fraction of sp³-hybridized carbons (Fsp3) is 1.00. The summed E-state index contributed by atoms with van der Waals surface area (Å²) in [5.41, 5.74) is 0.312. The lowest BCUT2D eigenvalue weighted by Gasteiger charge is -2.43. The van der Waals surface area contributed by atoms with Crippen molar-refractivity contribution in [2.45, 2.75) is 26.3 Å². The number of nitrogens with zero attached hydrogens (tertiary/aromatic N) is 2. The smallest absolute Gasteiger partial charge is 0.0281 e. The lowest BCUT2D eigenvalue weighted by Crippen LogP contribution is -2.57. The van der Waals surface area contributed by atoms with Gasteiger partial charge in [0.25, 0.3) is 0 Å². The first-order valence-corrected chi connectivity index (χ1v) is 5.70. The second-order valence-electron chi connectivity index (χ2n) is 4.88. The largest absolute Gasteiger partial charge is 0.314 e. The molecular formula is C11H25N3. The maximum absolute atomic E-state index is 3.40. The molecule has 0 atom stereocenters. The first-order valence-electron chi connectivity index (χ1n) is 5.70. The highest BCUT2D eigenvalue weighted by Crippen LogP contribution is 2.15. The highest BCUT2D eigenvalue weighted by atomic mass is 15.3. The van der Waals surface area contributed by atoms with E-state index in [1.807, 2.05) is 0 Å². The van der Waals surface area contributed by atoms with Gasteiger partial charge >= 0.3 is 0 Å². The first kappa shape index (κ1) is 12.0. The van der Waals surface area contributed by atoms with Crippen molar-refractivity contribution in [3.63, 3.8) is 0 Å². The van der Waals surface area contributed by atoms with Gasteiger partial charge in [-0.25, -0.2) is 0 Å². The summed E-state index contributed by atoms with van der Waals surface area (Å²) in [4.78, 5) is 4.98. The minimum atomic E-state index is 0.312. The molecule has 0 saturated carbocycles. The molecule has 1 saturated heterocycles. The molecule has 0 spiro atoms. The zero-order valence-electron chi connectivity index (χ0n) is 10.1. The van der Waals surface area contributed by atoms with E-state index in [4.69, 9.17) is 0 Å². The molecule has 0 aromatic rings. The van der Waals surface area contributed by atoms with E-state index in [-0.39, 0.29) is 0 Å². The molecule has 3 heteroatoms. The topological polar surface area (TPSA) is 18.5 Å². The second-order valence-corrected chi connectivity index (χ2v) is 4.88. The maximum Gasteiger partial charge on any atom is 0.0281 e. The van der Waals surface area contributed by atoms with Crippen LogP contribution in [0.2, 0.25) is 0 Å². The molecule has 1 rings (SSSR count). The summed E-state index contributed by atoms with van der Waals surface area (Å²) in [7, 11) is 2.20. The Morgan fingerprint density at radius 1 is 1.29 bits per heavy atom. The molecular weight excluding hydrogens is 174 g/mol. The molecule has 1 heterocycles. The lowest BCUT2D eigenvalue weighted by atomic mass is 10.0. The summed E-state index contributed by atoms with van der Waals surface area (Å²) < 4.78 is 0. The van der Waals surface area contributed by atoms with Crippen molar-refractivity contribution in [2.75, 3.05) is 46.3 Å². The van der Waals surface area contributed by atoms with Gasteiger partial charge in [0.1, 0.15) is 0 Å². The Morgan fingerprint density at radius 2 is 1.86 bits per heavy atom. The van der Waals surface area contributed by atoms with Gasteiger partial charge < -0.3 is 10.2 Å². The summed E-state index contributed by atoms with van der Waals surface area (Å²) >= 11 is 0. The molecule has 0 unspecified atom stereocenters. The second kappa shape index (κ2) is 5.10. The van der Waals surface area contributed by atoms with Gasteiger partial charge in [0, 0.05) is 38.3 Å². The van der Waals surface area contributed by atoms with Gasteiger partial charge in [-0.15, -0.1) is 0 Å². The Kier molecular flexibility index (Phi) is 4.35.